The maximum Gasteiger partial charge on any atom is 0.219 e. The highest BCUT2D eigenvalue weighted by atomic mass is 16.2. The van der Waals surface area contributed by atoms with Gasteiger partial charge in [-0.25, -0.2) is 0 Å². The van der Waals surface area contributed by atoms with Crippen LogP contribution in [0.5, 0.6) is 0 Å². The molecule has 0 radical (unpaired) electrons. The summed E-state index contributed by atoms with van der Waals surface area (Å²) in [5.41, 5.74) is 1.51. The summed E-state index contributed by atoms with van der Waals surface area (Å²) in [6.45, 7) is 4.69. The van der Waals surface area contributed by atoms with Crippen LogP contribution in [0.2, 0.25) is 0 Å². The summed E-state index contributed by atoms with van der Waals surface area (Å²) in [5, 5.41) is 9.09. The second kappa shape index (κ2) is 5.50. The minimum Gasteiger partial charge on any atom is -0.367 e. The second-order valence-corrected chi connectivity index (χ2v) is 4.35. The molecule has 0 aromatic carbocycles. The van der Waals surface area contributed by atoms with E-state index in [1.807, 2.05) is 4.90 Å². The minimum absolute atomic E-state index is 0.114. The fraction of sp³-hybridized carbons (Fsp3) is 0.462. The lowest BCUT2D eigenvalue weighted by atomic mass is 10.2. The van der Waals surface area contributed by atoms with E-state index in [1.165, 1.54) is 0 Å². The van der Waals surface area contributed by atoms with Crippen LogP contribution >= 0.6 is 0 Å². The number of rotatable bonds is 1. The third-order valence-corrected chi connectivity index (χ3v) is 3.20. The standard InChI is InChI=1S/C13H16N4O/c1-11(18)16-5-2-6-17(8-7-16)13-10-15-4-3-12(13)9-14/h3-4,10H,2,5-8H2,1H3. The molecule has 1 aromatic rings. The number of pyridine rings is 1. The number of nitrogens with zero attached hydrogens (tertiary/aromatic N) is 4. The fourth-order valence-electron chi connectivity index (χ4n) is 2.21. The van der Waals surface area contributed by atoms with Gasteiger partial charge in [-0.1, -0.05) is 0 Å². The summed E-state index contributed by atoms with van der Waals surface area (Å²) < 4.78 is 0. The number of amides is 1. The molecule has 0 saturated carbocycles. The third kappa shape index (κ3) is 2.59. The molecule has 1 saturated heterocycles. The van der Waals surface area contributed by atoms with Crippen molar-refractivity contribution >= 4 is 11.6 Å². The Labute approximate surface area is 107 Å². The smallest absolute Gasteiger partial charge is 0.219 e. The van der Waals surface area contributed by atoms with Crippen molar-refractivity contribution in [1.82, 2.24) is 9.88 Å². The molecule has 1 fully saturated rings. The van der Waals surface area contributed by atoms with Crippen molar-refractivity contribution in [2.75, 3.05) is 31.1 Å². The first kappa shape index (κ1) is 12.4. The Morgan fingerprint density at radius 3 is 2.94 bits per heavy atom. The van der Waals surface area contributed by atoms with Crippen LogP contribution in [-0.4, -0.2) is 42.0 Å². The van der Waals surface area contributed by atoms with Crippen molar-refractivity contribution in [2.24, 2.45) is 0 Å². The van der Waals surface area contributed by atoms with Gasteiger partial charge in [0.25, 0.3) is 0 Å². The lowest BCUT2D eigenvalue weighted by molar-refractivity contribution is -0.128. The van der Waals surface area contributed by atoms with Crippen molar-refractivity contribution in [2.45, 2.75) is 13.3 Å². The summed E-state index contributed by atoms with van der Waals surface area (Å²) in [6, 6.07) is 3.91. The largest absolute Gasteiger partial charge is 0.367 e. The number of hydrogen-bond acceptors (Lipinski definition) is 4. The Morgan fingerprint density at radius 2 is 2.22 bits per heavy atom. The van der Waals surface area contributed by atoms with Crippen LogP contribution in [-0.2, 0) is 4.79 Å². The molecule has 0 atom stereocenters. The molecule has 1 aliphatic rings. The van der Waals surface area contributed by atoms with E-state index in [9.17, 15) is 4.79 Å². The van der Waals surface area contributed by atoms with Gasteiger partial charge in [0.1, 0.15) is 6.07 Å². The van der Waals surface area contributed by atoms with Gasteiger partial charge in [0.15, 0.2) is 0 Å². The highest BCUT2D eigenvalue weighted by Gasteiger charge is 2.18. The molecule has 1 amide bonds. The van der Waals surface area contributed by atoms with Crippen LogP contribution < -0.4 is 4.90 Å². The monoisotopic (exact) mass is 244 g/mol. The average Bonchev–Trinajstić information content (AvgIpc) is 2.64. The molecule has 0 bridgehead atoms. The lowest BCUT2D eigenvalue weighted by Gasteiger charge is -2.23. The van der Waals surface area contributed by atoms with E-state index in [2.05, 4.69) is 16.0 Å². The number of carbonyl (C=O) groups is 1. The van der Waals surface area contributed by atoms with E-state index >= 15 is 0 Å². The first-order chi connectivity index (χ1) is 8.72. The van der Waals surface area contributed by atoms with E-state index < -0.39 is 0 Å². The van der Waals surface area contributed by atoms with Gasteiger partial charge in [-0.05, 0) is 12.5 Å². The zero-order valence-electron chi connectivity index (χ0n) is 10.5. The molecular weight excluding hydrogens is 228 g/mol. The molecule has 18 heavy (non-hydrogen) atoms. The summed E-state index contributed by atoms with van der Waals surface area (Å²) in [5.74, 6) is 0.114. The number of anilines is 1. The minimum atomic E-state index is 0.114. The van der Waals surface area contributed by atoms with Crippen molar-refractivity contribution in [3.8, 4) is 6.07 Å². The van der Waals surface area contributed by atoms with Crippen LogP contribution in [0.3, 0.4) is 0 Å². The maximum absolute atomic E-state index is 11.4. The van der Waals surface area contributed by atoms with Gasteiger partial charge in [0.05, 0.1) is 17.4 Å². The Morgan fingerprint density at radius 1 is 1.39 bits per heavy atom. The molecule has 0 spiro atoms. The molecule has 94 valence electrons. The van der Waals surface area contributed by atoms with Crippen molar-refractivity contribution < 1.29 is 4.79 Å². The first-order valence-electron chi connectivity index (χ1n) is 6.07. The summed E-state index contributed by atoms with van der Waals surface area (Å²) in [6.07, 6.45) is 4.27. The first-order valence-corrected chi connectivity index (χ1v) is 6.07. The van der Waals surface area contributed by atoms with E-state index in [1.54, 1.807) is 25.4 Å². The van der Waals surface area contributed by atoms with E-state index in [-0.39, 0.29) is 5.91 Å². The van der Waals surface area contributed by atoms with Gasteiger partial charge in [-0.3, -0.25) is 9.78 Å². The SMILES string of the molecule is CC(=O)N1CCCN(c2cnccc2C#N)CC1. The number of hydrogen-bond donors (Lipinski definition) is 0. The summed E-state index contributed by atoms with van der Waals surface area (Å²) >= 11 is 0. The van der Waals surface area contributed by atoms with Crippen molar-refractivity contribution in [3.05, 3.63) is 24.0 Å². The lowest BCUT2D eigenvalue weighted by Crippen LogP contribution is -2.33. The highest BCUT2D eigenvalue weighted by Crippen LogP contribution is 2.19. The zero-order valence-corrected chi connectivity index (χ0v) is 10.5. The molecule has 1 aromatic heterocycles. The zero-order chi connectivity index (χ0) is 13.0. The van der Waals surface area contributed by atoms with Crippen LogP contribution in [0.1, 0.15) is 18.9 Å². The highest BCUT2D eigenvalue weighted by molar-refractivity contribution is 5.73. The Bertz CT molecular complexity index is 480. The van der Waals surface area contributed by atoms with Gasteiger partial charge in [0, 0.05) is 39.3 Å². The normalized spacial score (nSPS) is 16.0. The third-order valence-electron chi connectivity index (χ3n) is 3.20. The van der Waals surface area contributed by atoms with Crippen LogP contribution in [0.25, 0.3) is 0 Å². The Hall–Kier alpha value is -2.09. The molecule has 0 N–H and O–H groups in total. The number of carbonyl (C=O) groups excluding carboxylic acids is 1. The molecule has 2 heterocycles. The molecular formula is C13H16N4O. The maximum atomic E-state index is 11.4. The quantitative estimate of drug-likeness (QED) is 0.739. The topological polar surface area (TPSA) is 60.2 Å². The van der Waals surface area contributed by atoms with Crippen molar-refractivity contribution in [1.29, 1.82) is 5.26 Å². The van der Waals surface area contributed by atoms with Gasteiger partial charge < -0.3 is 9.80 Å². The average molecular weight is 244 g/mol. The van der Waals surface area contributed by atoms with Gasteiger partial charge in [0.2, 0.25) is 5.91 Å². The molecule has 5 nitrogen and oxygen atoms in total. The van der Waals surface area contributed by atoms with Gasteiger partial charge in [-0.2, -0.15) is 5.26 Å². The molecule has 2 rings (SSSR count). The van der Waals surface area contributed by atoms with E-state index in [0.29, 0.717) is 12.1 Å². The predicted molar refractivity (Wildman–Crippen MR) is 68.0 cm³/mol. The van der Waals surface area contributed by atoms with E-state index in [4.69, 9.17) is 5.26 Å². The second-order valence-electron chi connectivity index (χ2n) is 4.35. The predicted octanol–water partition coefficient (Wildman–Crippen LogP) is 1.01. The molecule has 1 aliphatic heterocycles. The fourth-order valence-corrected chi connectivity index (χ4v) is 2.21. The molecule has 5 heteroatoms. The summed E-state index contributed by atoms with van der Waals surface area (Å²) in [4.78, 5) is 19.4. The van der Waals surface area contributed by atoms with Crippen molar-refractivity contribution in [3.63, 3.8) is 0 Å². The van der Waals surface area contributed by atoms with Crippen LogP contribution in [0.4, 0.5) is 5.69 Å². The van der Waals surface area contributed by atoms with E-state index in [0.717, 1.165) is 31.7 Å². The Balaban J connectivity index is 2.15. The summed E-state index contributed by atoms with van der Waals surface area (Å²) in [7, 11) is 0. The number of nitriles is 1. The van der Waals surface area contributed by atoms with Crippen LogP contribution in [0, 0.1) is 11.3 Å². The molecule has 0 aliphatic carbocycles. The van der Waals surface area contributed by atoms with Crippen LogP contribution in [0.15, 0.2) is 18.5 Å². The van der Waals surface area contributed by atoms with Gasteiger partial charge >= 0.3 is 0 Å². The molecule has 0 unspecified atom stereocenters. The van der Waals surface area contributed by atoms with Gasteiger partial charge in [-0.15, -0.1) is 0 Å². The number of aromatic nitrogens is 1. The Kier molecular flexibility index (Phi) is 3.78.